The van der Waals surface area contributed by atoms with Crippen molar-refractivity contribution in [3.63, 3.8) is 0 Å². The molecule has 9 heteroatoms. The summed E-state index contributed by atoms with van der Waals surface area (Å²) in [7, 11) is 1.55. The topological polar surface area (TPSA) is 111 Å². The molecule has 1 aliphatic rings. The number of rotatable bonds is 4. The Morgan fingerprint density at radius 3 is 3.00 bits per heavy atom. The van der Waals surface area contributed by atoms with Gasteiger partial charge in [-0.1, -0.05) is 6.07 Å². The molecule has 0 saturated carbocycles. The summed E-state index contributed by atoms with van der Waals surface area (Å²) in [5, 5.41) is 9.84. The van der Waals surface area contributed by atoms with Gasteiger partial charge in [0.15, 0.2) is 5.82 Å². The molecule has 4 rings (SSSR count). The van der Waals surface area contributed by atoms with Crippen molar-refractivity contribution in [2.75, 3.05) is 17.7 Å². The van der Waals surface area contributed by atoms with E-state index in [0.717, 1.165) is 0 Å². The molecule has 0 spiro atoms. The molecule has 2 amide bonds. The Hall–Kier alpha value is -3.75. The van der Waals surface area contributed by atoms with Crippen LogP contribution in [0.25, 0.3) is 11.4 Å². The first-order valence-corrected chi connectivity index (χ1v) is 8.26. The molecule has 1 aliphatic heterocycles. The fraction of sp³-hybridized carbons (Fsp3) is 0.167. The Bertz CT molecular complexity index is 1000. The van der Waals surface area contributed by atoms with Crippen LogP contribution in [0.2, 0.25) is 0 Å². The molecular weight excluding hydrogens is 348 g/mol. The minimum absolute atomic E-state index is 0.0291. The number of methoxy groups -OCH3 is 1. The second-order valence-corrected chi connectivity index (χ2v) is 5.93. The number of nitrogens with one attached hydrogen (secondary N) is 2. The van der Waals surface area contributed by atoms with Gasteiger partial charge in [-0.2, -0.15) is 4.98 Å². The van der Waals surface area contributed by atoms with Gasteiger partial charge in [-0.3, -0.25) is 19.9 Å². The maximum atomic E-state index is 12.8. The van der Waals surface area contributed by atoms with Gasteiger partial charge in [-0.05, 0) is 24.3 Å². The lowest BCUT2D eigenvalue weighted by Crippen LogP contribution is -2.36. The highest BCUT2D eigenvalue weighted by Crippen LogP contribution is 2.27. The van der Waals surface area contributed by atoms with Crippen LogP contribution in [0.5, 0.6) is 5.75 Å². The van der Waals surface area contributed by atoms with Crippen LogP contribution in [0.4, 0.5) is 11.6 Å². The predicted molar refractivity (Wildman–Crippen MR) is 97.2 cm³/mol. The van der Waals surface area contributed by atoms with Crippen molar-refractivity contribution in [2.45, 2.75) is 12.5 Å². The van der Waals surface area contributed by atoms with E-state index in [1.54, 1.807) is 49.8 Å². The summed E-state index contributed by atoms with van der Waals surface area (Å²) in [6.07, 6.45) is 3.23. The van der Waals surface area contributed by atoms with E-state index < -0.39 is 6.04 Å². The molecule has 0 saturated heterocycles. The largest absolute Gasteiger partial charge is 0.497 e. The van der Waals surface area contributed by atoms with Crippen LogP contribution < -0.4 is 15.4 Å². The van der Waals surface area contributed by atoms with Gasteiger partial charge in [-0.25, -0.2) is 4.68 Å². The van der Waals surface area contributed by atoms with Crippen molar-refractivity contribution in [1.82, 2.24) is 19.7 Å². The zero-order valence-electron chi connectivity index (χ0n) is 14.4. The average molecular weight is 364 g/mol. The molecule has 0 unspecified atom stereocenters. The monoisotopic (exact) mass is 364 g/mol. The summed E-state index contributed by atoms with van der Waals surface area (Å²) >= 11 is 0. The molecule has 3 heterocycles. The number of carbonyl (C=O) groups excluding carboxylic acids is 2. The minimum Gasteiger partial charge on any atom is -0.497 e. The smallest absolute Gasteiger partial charge is 0.249 e. The van der Waals surface area contributed by atoms with Gasteiger partial charge < -0.3 is 10.1 Å². The first-order valence-electron chi connectivity index (χ1n) is 8.26. The number of pyridine rings is 1. The molecule has 0 aliphatic carbocycles. The van der Waals surface area contributed by atoms with Gasteiger partial charge >= 0.3 is 0 Å². The van der Waals surface area contributed by atoms with Gasteiger partial charge in [0.25, 0.3) is 0 Å². The van der Waals surface area contributed by atoms with Crippen molar-refractivity contribution < 1.29 is 14.3 Å². The van der Waals surface area contributed by atoms with E-state index in [-0.39, 0.29) is 24.2 Å². The second kappa shape index (κ2) is 6.87. The number of fused-ring (bicyclic) bond motifs is 1. The highest BCUT2D eigenvalue weighted by atomic mass is 16.5. The maximum Gasteiger partial charge on any atom is 0.249 e. The Labute approximate surface area is 154 Å². The molecule has 3 aromatic rings. The number of anilines is 2. The zero-order valence-corrected chi connectivity index (χ0v) is 14.4. The van der Waals surface area contributed by atoms with Crippen molar-refractivity contribution in [3.8, 4) is 17.1 Å². The van der Waals surface area contributed by atoms with Crippen LogP contribution >= 0.6 is 0 Å². The van der Waals surface area contributed by atoms with Crippen molar-refractivity contribution in [1.29, 1.82) is 0 Å². The van der Waals surface area contributed by atoms with Gasteiger partial charge in [0.05, 0.1) is 13.5 Å². The third kappa shape index (κ3) is 3.34. The molecule has 1 aromatic carbocycles. The van der Waals surface area contributed by atoms with Crippen molar-refractivity contribution in [3.05, 3.63) is 48.8 Å². The summed E-state index contributed by atoms with van der Waals surface area (Å²) in [5.74, 6) is 0.588. The standard InChI is InChI=1S/C18H16N6O3/c1-27-13-6-2-5-12(8-13)20-17(26)14-9-15(25)21-18-22-16(23-24(14)18)11-4-3-7-19-10-11/h2-8,10,14H,9H2,1H3,(H,20,26)(H,21,22,23,25)/t14-/m0/s1. The molecule has 0 bridgehead atoms. The van der Waals surface area contributed by atoms with Gasteiger partial charge in [-0.15, -0.1) is 5.10 Å². The number of aromatic nitrogens is 4. The lowest BCUT2D eigenvalue weighted by molar-refractivity contribution is -0.125. The van der Waals surface area contributed by atoms with Crippen LogP contribution in [0.3, 0.4) is 0 Å². The van der Waals surface area contributed by atoms with Gasteiger partial charge in [0, 0.05) is 29.7 Å². The quantitative estimate of drug-likeness (QED) is 0.731. The van der Waals surface area contributed by atoms with E-state index in [9.17, 15) is 9.59 Å². The molecule has 2 aromatic heterocycles. The zero-order chi connectivity index (χ0) is 18.8. The van der Waals surface area contributed by atoms with Crippen LogP contribution in [-0.4, -0.2) is 38.7 Å². The highest BCUT2D eigenvalue weighted by Gasteiger charge is 2.33. The average Bonchev–Trinajstić information content (AvgIpc) is 3.12. The molecular formula is C18H16N6O3. The van der Waals surface area contributed by atoms with Gasteiger partial charge in [0.1, 0.15) is 11.8 Å². The Balaban J connectivity index is 1.63. The Morgan fingerprint density at radius 2 is 2.22 bits per heavy atom. The fourth-order valence-corrected chi connectivity index (χ4v) is 2.81. The minimum atomic E-state index is -0.808. The predicted octanol–water partition coefficient (Wildman–Crippen LogP) is 1.87. The molecule has 0 radical (unpaired) electrons. The first-order chi connectivity index (χ1) is 13.1. The number of nitrogens with zero attached hydrogens (tertiary/aromatic N) is 4. The summed E-state index contributed by atoms with van der Waals surface area (Å²) in [6, 6.07) is 9.75. The number of benzene rings is 1. The third-order valence-electron chi connectivity index (χ3n) is 4.12. The SMILES string of the molecule is COc1cccc(NC(=O)[C@@H]2CC(=O)Nc3nc(-c4cccnc4)nn32)c1. The molecule has 0 fully saturated rings. The van der Waals surface area contributed by atoms with E-state index in [4.69, 9.17) is 4.74 Å². The van der Waals surface area contributed by atoms with Crippen LogP contribution in [0.15, 0.2) is 48.8 Å². The number of carbonyl (C=O) groups is 2. The summed E-state index contributed by atoms with van der Waals surface area (Å²) in [5.41, 5.74) is 1.26. The Morgan fingerprint density at radius 1 is 1.33 bits per heavy atom. The normalized spacial score (nSPS) is 15.6. The molecule has 1 atom stereocenters. The van der Waals surface area contributed by atoms with Crippen LogP contribution in [0.1, 0.15) is 12.5 Å². The lowest BCUT2D eigenvalue weighted by Gasteiger charge is -2.22. The summed E-state index contributed by atoms with van der Waals surface area (Å²) < 4.78 is 6.59. The molecule has 9 nitrogen and oxygen atoms in total. The second-order valence-electron chi connectivity index (χ2n) is 5.93. The fourth-order valence-electron chi connectivity index (χ4n) is 2.81. The molecule has 2 N–H and O–H groups in total. The number of amides is 2. The first kappa shape index (κ1) is 16.7. The highest BCUT2D eigenvalue weighted by molar-refractivity contribution is 6.00. The lowest BCUT2D eigenvalue weighted by atomic mass is 10.1. The maximum absolute atomic E-state index is 12.8. The molecule has 136 valence electrons. The van der Waals surface area contributed by atoms with Crippen LogP contribution in [-0.2, 0) is 9.59 Å². The third-order valence-corrected chi connectivity index (χ3v) is 4.12. The molecule has 27 heavy (non-hydrogen) atoms. The van der Waals surface area contributed by atoms with E-state index in [0.29, 0.717) is 22.8 Å². The summed E-state index contributed by atoms with van der Waals surface area (Å²) in [4.78, 5) is 33.2. The summed E-state index contributed by atoms with van der Waals surface area (Å²) in [6.45, 7) is 0. The van der Waals surface area contributed by atoms with Crippen molar-refractivity contribution in [2.24, 2.45) is 0 Å². The van der Waals surface area contributed by atoms with E-state index in [2.05, 4.69) is 25.7 Å². The Kier molecular flexibility index (Phi) is 4.25. The number of hydrogen-bond donors (Lipinski definition) is 2. The number of ether oxygens (including phenoxy) is 1. The number of hydrogen-bond acceptors (Lipinski definition) is 6. The van der Waals surface area contributed by atoms with E-state index >= 15 is 0 Å². The van der Waals surface area contributed by atoms with E-state index in [1.165, 1.54) is 4.68 Å². The van der Waals surface area contributed by atoms with E-state index in [1.807, 2.05) is 6.07 Å². The van der Waals surface area contributed by atoms with Crippen LogP contribution in [0, 0.1) is 0 Å². The van der Waals surface area contributed by atoms with Crippen molar-refractivity contribution >= 4 is 23.5 Å². The van der Waals surface area contributed by atoms with Gasteiger partial charge in [0.2, 0.25) is 17.8 Å².